The van der Waals surface area contributed by atoms with Crippen LogP contribution in [0.4, 0.5) is 5.69 Å². The van der Waals surface area contributed by atoms with Gasteiger partial charge in [-0.1, -0.05) is 31.1 Å². The van der Waals surface area contributed by atoms with Crippen LogP contribution in [0, 0.1) is 5.92 Å². The average Bonchev–Trinajstić information content (AvgIpc) is 3.42. The van der Waals surface area contributed by atoms with E-state index in [1.165, 1.54) is 31.4 Å². The van der Waals surface area contributed by atoms with Gasteiger partial charge in [-0.3, -0.25) is 14.4 Å². The molecule has 1 aliphatic carbocycles. The lowest BCUT2D eigenvalue weighted by molar-refractivity contribution is -0.140. The number of sulfonamides is 1. The summed E-state index contributed by atoms with van der Waals surface area (Å²) in [5.74, 6) is -1.67. The number of unbranched alkanes of at least 4 members (excludes halogenated alkanes) is 3. The van der Waals surface area contributed by atoms with Gasteiger partial charge in [0.1, 0.15) is 10.4 Å². The van der Waals surface area contributed by atoms with Crippen molar-refractivity contribution >= 4 is 33.5 Å². The molecule has 0 spiro atoms. The van der Waals surface area contributed by atoms with E-state index in [0.717, 1.165) is 12.8 Å². The van der Waals surface area contributed by atoms with Crippen LogP contribution in [0.1, 0.15) is 44.9 Å². The van der Waals surface area contributed by atoms with Crippen molar-refractivity contribution in [3.63, 3.8) is 0 Å². The number of hydrogen-bond acceptors (Lipinski definition) is 7. The molecule has 4 N–H and O–H groups in total. The molecule has 2 rings (SSSR count). The number of carbonyl (C=O) groups is 3. The molecule has 0 saturated heterocycles. The lowest BCUT2D eigenvalue weighted by Crippen LogP contribution is -2.46. The normalized spacial score (nSPS) is 19.9. The summed E-state index contributed by atoms with van der Waals surface area (Å²) in [4.78, 5) is 35.4. The molecule has 10 heteroatoms. The van der Waals surface area contributed by atoms with Gasteiger partial charge in [-0.2, -0.15) is 0 Å². The van der Waals surface area contributed by atoms with Crippen LogP contribution in [0.2, 0.25) is 0 Å². The number of rotatable bonds is 12. The average molecular weight is 452 g/mol. The molecule has 0 heterocycles. The van der Waals surface area contributed by atoms with Gasteiger partial charge in [0.05, 0.1) is 12.8 Å². The monoisotopic (exact) mass is 451 g/mol. The van der Waals surface area contributed by atoms with Gasteiger partial charge < -0.3 is 15.8 Å². The van der Waals surface area contributed by atoms with Crippen molar-refractivity contribution in [3.8, 4) is 0 Å². The summed E-state index contributed by atoms with van der Waals surface area (Å²) in [6, 6.07) is 5.84. The first-order chi connectivity index (χ1) is 14.6. The summed E-state index contributed by atoms with van der Waals surface area (Å²) in [6.45, 7) is 3.58. The highest BCUT2D eigenvalue weighted by molar-refractivity contribution is 7.90. The van der Waals surface area contributed by atoms with E-state index in [0.29, 0.717) is 25.7 Å². The molecule has 1 fully saturated rings. The van der Waals surface area contributed by atoms with Crippen molar-refractivity contribution in [2.75, 3.05) is 12.4 Å². The van der Waals surface area contributed by atoms with Crippen molar-refractivity contribution in [1.82, 2.24) is 4.72 Å². The molecule has 1 saturated carbocycles. The molecule has 0 aromatic heterocycles. The van der Waals surface area contributed by atoms with Gasteiger partial charge in [-0.15, -0.1) is 6.58 Å². The molecule has 0 aliphatic heterocycles. The number of methoxy groups -OCH3 is 1. The lowest BCUT2D eigenvalue weighted by atomic mass is 10.1. The number of anilines is 1. The Morgan fingerprint density at radius 3 is 2.45 bits per heavy atom. The lowest BCUT2D eigenvalue weighted by Gasteiger charge is -2.15. The van der Waals surface area contributed by atoms with E-state index in [4.69, 9.17) is 5.73 Å². The fourth-order valence-electron chi connectivity index (χ4n) is 3.16. The number of benzene rings is 1. The Morgan fingerprint density at radius 2 is 1.84 bits per heavy atom. The molecule has 1 aromatic carbocycles. The predicted octanol–water partition coefficient (Wildman–Crippen LogP) is 1.85. The van der Waals surface area contributed by atoms with Crippen LogP contribution in [0.3, 0.4) is 0 Å². The van der Waals surface area contributed by atoms with Crippen molar-refractivity contribution in [2.24, 2.45) is 11.7 Å². The fourth-order valence-corrected chi connectivity index (χ4v) is 4.37. The number of amides is 2. The molecule has 1 aliphatic rings. The molecule has 31 heavy (non-hydrogen) atoms. The second-order valence-corrected chi connectivity index (χ2v) is 9.21. The third-order valence-corrected chi connectivity index (χ3v) is 6.60. The molecule has 170 valence electrons. The number of nitrogens with one attached hydrogen (secondary N) is 2. The highest BCUT2D eigenvalue weighted by atomic mass is 32.2. The summed E-state index contributed by atoms with van der Waals surface area (Å²) in [7, 11) is -2.88. The van der Waals surface area contributed by atoms with E-state index in [2.05, 4.69) is 16.6 Å². The number of para-hydroxylation sites is 1. The van der Waals surface area contributed by atoms with Crippen LogP contribution in [0.25, 0.3) is 0 Å². The third kappa shape index (κ3) is 6.63. The van der Waals surface area contributed by atoms with Crippen LogP contribution in [-0.4, -0.2) is 38.9 Å². The molecule has 2 amide bonds. The van der Waals surface area contributed by atoms with Gasteiger partial charge in [0.25, 0.3) is 15.9 Å². The zero-order valence-corrected chi connectivity index (χ0v) is 18.4. The van der Waals surface area contributed by atoms with Crippen molar-refractivity contribution in [3.05, 3.63) is 36.9 Å². The largest absolute Gasteiger partial charge is 0.469 e. The fraction of sp³-hybridized carbons (Fsp3) is 0.476. The summed E-state index contributed by atoms with van der Waals surface area (Å²) in [6.07, 6.45) is 5.21. The predicted molar refractivity (Wildman–Crippen MR) is 115 cm³/mol. The summed E-state index contributed by atoms with van der Waals surface area (Å²) in [5, 5.41) is 2.59. The van der Waals surface area contributed by atoms with Crippen LogP contribution >= 0.6 is 0 Å². The summed E-state index contributed by atoms with van der Waals surface area (Å²) < 4.78 is 32.0. The van der Waals surface area contributed by atoms with E-state index in [-0.39, 0.29) is 34.8 Å². The van der Waals surface area contributed by atoms with E-state index >= 15 is 0 Å². The van der Waals surface area contributed by atoms with E-state index in [1.807, 2.05) is 4.72 Å². The van der Waals surface area contributed by atoms with Gasteiger partial charge in [-0.05, 0) is 31.4 Å². The maximum atomic E-state index is 12.7. The molecule has 0 bridgehead atoms. The number of esters is 1. The van der Waals surface area contributed by atoms with Gasteiger partial charge in [0, 0.05) is 18.8 Å². The SMILES string of the molecule is C=C[C@@H]1C[C@@]1(N)C(=O)NS(=O)(=O)c1ccccc1NC(=O)CCCCCCC(=O)OC. The standard InChI is InChI=1S/C21H29N3O6S/c1-3-15-14-21(15,22)20(27)24-31(28,29)17-11-9-8-10-16(17)23-18(25)12-6-4-5-7-13-19(26)30-2/h3,8-11,15H,1,4-7,12-14,22H2,2H3,(H,23,25)(H,24,27)/t15-,21+/m1/s1. The summed E-state index contributed by atoms with van der Waals surface area (Å²) >= 11 is 0. The number of nitrogens with two attached hydrogens (primary N) is 1. The Kier molecular flexibility index (Phi) is 8.35. The number of hydrogen-bond donors (Lipinski definition) is 3. The Hall–Kier alpha value is -2.72. The third-order valence-electron chi connectivity index (χ3n) is 5.21. The van der Waals surface area contributed by atoms with Crippen LogP contribution in [0.15, 0.2) is 41.8 Å². The Labute approximate surface area is 182 Å². The zero-order chi connectivity index (χ0) is 23.1. The van der Waals surface area contributed by atoms with Gasteiger partial charge >= 0.3 is 5.97 Å². The molecule has 9 nitrogen and oxygen atoms in total. The maximum absolute atomic E-state index is 12.7. The second-order valence-electron chi connectivity index (χ2n) is 7.56. The van der Waals surface area contributed by atoms with Gasteiger partial charge in [0.2, 0.25) is 5.91 Å². The second kappa shape index (κ2) is 10.5. The first kappa shape index (κ1) is 24.5. The van der Waals surface area contributed by atoms with Crippen molar-refractivity contribution in [2.45, 2.75) is 55.4 Å². The van der Waals surface area contributed by atoms with Crippen LogP contribution in [0.5, 0.6) is 0 Å². The van der Waals surface area contributed by atoms with E-state index < -0.39 is 21.5 Å². The molecule has 1 aromatic rings. The minimum Gasteiger partial charge on any atom is -0.469 e. The Balaban J connectivity index is 1.91. The Morgan fingerprint density at radius 1 is 1.19 bits per heavy atom. The van der Waals surface area contributed by atoms with Crippen LogP contribution in [-0.2, 0) is 29.1 Å². The highest BCUT2D eigenvalue weighted by Crippen LogP contribution is 2.42. The highest BCUT2D eigenvalue weighted by Gasteiger charge is 2.56. The zero-order valence-electron chi connectivity index (χ0n) is 17.6. The molecule has 0 unspecified atom stereocenters. The first-order valence-electron chi connectivity index (χ1n) is 10.1. The van der Waals surface area contributed by atoms with E-state index in [1.54, 1.807) is 6.07 Å². The van der Waals surface area contributed by atoms with Gasteiger partial charge in [-0.25, -0.2) is 13.1 Å². The van der Waals surface area contributed by atoms with Crippen molar-refractivity contribution in [1.29, 1.82) is 0 Å². The van der Waals surface area contributed by atoms with Crippen molar-refractivity contribution < 1.29 is 27.5 Å². The molecular weight excluding hydrogens is 422 g/mol. The van der Waals surface area contributed by atoms with E-state index in [9.17, 15) is 22.8 Å². The quantitative estimate of drug-likeness (QED) is 0.250. The number of carbonyl (C=O) groups excluding carboxylic acids is 3. The first-order valence-corrected chi connectivity index (χ1v) is 11.6. The topological polar surface area (TPSA) is 145 Å². The number of ether oxygens (including phenoxy) is 1. The minimum absolute atomic E-state index is 0.0839. The summed E-state index contributed by atoms with van der Waals surface area (Å²) in [5.41, 5.74) is 4.73. The Bertz CT molecular complexity index is 946. The van der Waals surface area contributed by atoms with Crippen LogP contribution < -0.4 is 15.8 Å². The maximum Gasteiger partial charge on any atom is 0.305 e. The molecule has 0 radical (unpaired) electrons. The smallest absolute Gasteiger partial charge is 0.305 e. The van der Waals surface area contributed by atoms with Gasteiger partial charge in [0.15, 0.2) is 0 Å². The molecular formula is C21H29N3O6S. The minimum atomic E-state index is -4.23. The molecule has 2 atom stereocenters.